The van der Waals surface area contributed by atoms with E-state index in [1.807, 2.05) is 59.2 Å². The molecule has 4 heterocycles. The van der Waals surface area contributed by atoms with Gasteiger partial charge in [-0.15, -0.1) is 0 Å². The Kier molecular flexibility index (Phi) is 7.65. The maximum atomic E-state index is 13.5. The fourth-order valence-corrected chi connectivity index (χ4v) is 6.46. The number of rotatable bonds is 5. The normalized spacial score (nSPS) is 19.9. The molecule has 0 saturated carbocycles. The van der Waals surface area contributed by atoms with E-state index in [-0.39, 0.29) is 29.2 Å². The van der Waals surface area contributed by atoms with E-state index in [1.165, 1.54) is 6.08 Å². The van der Waals surface area contributed by atoms with Crippen LogP contribution in [0.1, 0.15) is 40.9 Å². The quantitative estimate of drug-likeness (QED) is 0.479. The third kappa shape index (κ3) is 5.72. The molecule has 0 aliphatic carbocycles. The van der Waals surface area contributed by atoms with Crippen molar-refractivity contribution in [3.8, 4) is 0 Å². The number of hydrogen-bond acceptors (Lipinski definition) is 5. The van der Waals surface area contributed by atoms with E-state index in [9.17, 15) is 19.2 Å². The molecule has 2 atom stereocenters. The van der Waals surface area contributed by atoms with Gasteiger partial charge in [-0.3, -0.25) is 19.2 Å². The number of nitrogens with zero attached hydrogens (tertiary/aromatic N) is 4. The topological polar surface area (TPSA) is 95.0 Å². The largest absolute Gasteiger partial charge is 0.369 e. The number of anilines is 2. The molecule has 2 bridgehead atoms. The molecule has 42 heavy (non-hydrogen) atoms. The standard InChI is InChI=1S/C33H35N5O4/c1-23(39)35-14-16-36(17-15-35)33(42)26-11-12-30(28(19-26)34-31(40)13-10-24-6-3-2-4-7-24)37-20-25-18-27(22-37)29-8-5-9-32(41)38(29)21-25/h2-13,19,25,27H,14-18,20-22H2,1H3,(H,34,40)/b13-10+. The SMILES string of the molecule is CC(=O)N1CCN(C(=O)c2ccc(N3CC4CC(C3)c3cccc(=O)n3C4)c(NC(=O)/C=C/c3ccccc3)c2)CC1. The Balaban J connectivity index is 1.27. The molecule has 9 nitrogen and oxygen atoms in total. The van der Waals surface area contributed by atoms with Crippen molar-refractivity contribution in [2.24, 2.45) is 5.92 Å². The van der Waals surface area contributed by atoms with Gasteiger partial charge in [-0.2, -0.15) is 0 Å². The van der Waals surface area contributed by atoms with Gasteiger partial charge in [0.1, 0.15) is 0 Å². The molecule has 9 heteroatoms. The van der Waals surface area contributed by atoms with Crippen molar-refractivity contribution in [3.05, 3.63) is 100.0 Å². The highest BCUT2D eigenvalue weighted by Gasteiger charge is 2.35. The van der Waals surface area contributed by atoms with Gasteiger partial charge in [-0.25, -0.2) is 0 Å². The predicted molar refractivity (Wildman–Crippen MR) is 162 cm³/mol. The lowest BCUT2D eigenvalue weighted by Crippen LogP contribution is -2.50. The highest BCUT2D eigenvalue weighted by Crippen LogP contribution is 2.39. The lowest BCUT2D eigenvalue weighted by molar-refractivity contribution is -0.130. The Morgan fingerprint density at radius 1 is 0.857 bits per heavy atom. The lowest BCUT2D eigenvalue weighted by Gasteiger charge is -2.44. The summed E-state index contributed by atoms with van der Waals surface area (Å²) < 4.78 is 1.90. The summed E-state index contributed by atoms with van der Waals surface area (Å²) in [4.78, 5) is 56.6. The highest BCUT2D eigenvalue weighted by molar-refractivity contribution is 6.05. The van der Waals surface area contributed by atoms with E-state index in [2.05, 4.69) is 10.2 Å². The summed E-state index contributed by atoms with van der Waals surface area (Å²) in [6.45, 7) is 5.63. The van der Waals surface area contributed by atoms with Gasteiger partial charge in [0.05, 0.1) is 11.4 Å². The van der Waals surface area contributed by atoms with Crippen molar-refractivity contribution in [2.75, 3.05) is 49.5 Å². The molecule has 2 saturated heterocycles. The number of pyridine rings is 1. The van der Waals surface area contributed by atoms with E-state index < -0.39 is 0 Å². The number of aromatic nitrogens is 1. The molecule has 2 fully saturated rings. The van der Waals surface area contributed by atoms with Gasteiger partial charge in [-0.05, 0) is 48.2 Å². The van der Waals surface area contributed by atoms with E-state index in [1.54, 1.807) is 34.9 Å². The zero-order valence-corrected chi connectivity index (χ0v) is 23.7. The van der Waals surface area contributed by atoms with Gasteiger partial charge in [0, 0.05) is 82.1 Å². The van der Waals surface area contributed by atoms with Gasteiger partial charge in [-0.1, -0.05) is 36.4 Å². The van der Waals surface area contributed by atoms with Crippen LogP contribution >= 0.6 is 0 Å². The summed E-state index contributed by atoms with van der Waals surface area (Å²) in [5.74, 6) is 0.111. The predicted octanol–water partition coefficient (Wildman–Crippen LogP) is 3.43. The summed E-state index contributed by atoms with van der Waals surface area (Å²) in [6, 6.07) is 20.6. The number of benzene rings is 2. The summed E-state index contributed by atoms with van der Waals surface area (Å²) in [5, 5.41) is 3.05. The maximum absolute atomic E-state index is 13.5. The van der Waals surface area contributed by atoms with Crippen molar-refractivity contribution in [1.29, 1.82) is 0 Å². The fraction of sp³-hybridized carbons (Fsp3) is 0.333. The third-order valence-electron chi connectivity index (χ3n) is 8.56. The second kappa shape index (κ2) is 11.7. The number of fused-ring (bicyclic) bond motifs is 4. The molecule has 0 radical (unpaired) electrons. The van der Waals surface area contributed by atoms with Crippen LogP contribution in [-0.2, 0) is 16.1 Å². The van der Waals surface area contributed by atoms with Crippen LogP contribution in [-0.4, -0.2) is 71.4 Å². The van der Waals surface area contributed by atoms with E-state index in [0.29, 0.717) is 56.4 Å². The van der Waals surface area contributed by atoms with Crippen molar-refractivity contribution < 1.29 is 14.4 Å². The first-order valence-corrected chi connectivity index (χ1v) is 14.5. The fourth-order valence-electron chi connectivity index (χ4n) is 6.46. The molecule has 1 N–H and O–H groups in total. The molecule has 3 aliphatic rings. The maximum Gasteiger partial charge on any atom is 0.254 e. The molecule has 2 aromatic carbocycles. The Hall–Kier alpha value is -4.66. The minimum absolute atomic E-state index is 0.0128. The van der Waals surface area contributed by atoms with Crippen LogP contribution in [0.4, 0.5) is 11.4 Å². The first-order valence-electron chi connectivity index (χ1n) is 14.5. The highest BCUT2D eigenvalue weighted by atomic mass is 16.2. The van der Waals surface area contributed by atoms with Gasteiger partial charge in [0.15, 0.2) is 0 Å². The van der Waals surface area contributed by atoms with Crippen LogP contribution in [0, 0.1) is 5.92 Å². The smallest absolute Gasteiger partial charge is 0.254 e. The van der Waals surface area contributed by atoms with Crippen LogP contribution in [0.2, 0.25) is 0 Å². The molecule has 1 aromatic heterocycles. The molecule has 2 unspecified atom stereocenters. The van der Waals surface area contributed by atoms with Crippen LogP contribution < -0.4 is 15.8 Å². The van der Waals surface area contributed by atoms with E-state index in [0.717, 1.165) is 29.9 Å². The minimum atomic E-state index is -0.283. The molecule has 216 valence electrons. The summed E-state index contributed by atoms with van der Waals surface area (Å²) in [7, 11) is 0. The molecular formula is C33H35N5O4. The molecule has 6 rings (SSSR count). The Morgan fingerprint density at radius 3 is 2.38 bits per heavy atom. The average molecular weight is 566 g/mol. The van der Waals surface area contributed by atoms with Crippen molar-refractivity contribution in [3.63, 3.8) is 0 Å². The summed E-state index contributed by atoms with van der Waals surface area (Å²) in [5.41, 5.74) is 3.94. The number of nitrogens with one attached hydrogen (secondary N) is 1. The molecule has 3 aromatic rings. The summed E-state index contributed by atoms with van der Waals surface area (Å²) in [6.07, 6.45) is 4.28. The van der Waals surface area contributed by atoms with E-state index >= 15 is 0 Å². The lowest BCUT2D eigenvalue weighted by atomic mass is 9.83. The number of carbonyl (C=O) groups is 3. The average Bonchev–Trinajstić information content (AvgIpc) is 3.00. The third-order valence-corrected chi connectivity index (χ3v) is 8.56. The molecule has 3 amide bonds. The second-order valence-electron chi connectivity index (χ2n) is 11.4. The van der Waals surface area contributed by atoms with Crippen molar-refractivity contribution in [1.82, 2.24) is 14.4 Å². The second-order valence-corrected chi connectivity index (χ2v) is 11.4. The van der Waals surface area contributed by atoms with Crippen LogP contribution in [0.25, 0.3) is 6.08 Å². The number of amides is 3. The molecule has 0 spiro atoms. The summed E-state index contributed by atoms with van der Waals surface area (Å²) >= 11 is 0. The Morgan fingerprint density at radius 2 is 1.62 bits per heavy atom. The van der Waals surface area contributed by atoms with E-state index in [4.69, 9.17) is 0 Å². The minimum Gasteiger partial charge on any atom is -0.369 e. The number of piperazine rings is 1. The zero-order valence-electron chi connectivity index (χ0n) is 23.7. The first kappa shape index (κ1) is 27.5. The number of piperidine rings is 1. The van der Waals surface area contributed by atoms with Crippen LogP contribution in [0.5, 0.6) is 0 Å². The first-order chi connectivity index (χ1) is 20.4. The Labute approximate surface area is 245 Å². The van der Waals surface area contributed by atoms with Gasteiger partial charge < -0.3 is 24.6 Å². The Bertz CT molecular complexity index is 1590. The van der Waals surface area contributed by atoms with Crippen LogP contribution in [0.15, 0.2) is 77.6 Å². The molecular weight excluding hydrogens is 530 g/mol. The van der Waals surface area contributed by atoms with Gasteiger partial charge in [0.2, 0.25) is 11.8 Å². The monoisotopic (exact) mass is 565 g/mol. The number of carbonyl (C=O) groups excluding carboxylic acids is 3. The number of hydrogen-bond donors (Lipinski definition) is 1. The van der Waals surface area contributed by atoms with Crippen LogP contribution in [0.3, 0.4) is 0 Å². The molecule has 3 aliphatic heterocycles. The van der Waals surface area contributed by atoms with Crippen molar-refractivity contribution in [2.45, 2.75) is 25.8 Å². The van der Waals surface area contributed by atoms with Gasteiger partial charge >= 0.3 is 0 Å². The van der Waals surface area contributed by atoms with Gasteiger partial charge in [0.25, 0.3) is 11.5 Å². The van der Waals surface area contributed by atoms with Crippen molar-refractivity contribution >= 4 is 35.2 Å². The zero-order chi connectivity index (χ0) is 29.2.